The highest BCUT2D eigenvalue weighted by Gasteiger charge is 2.28. The Morgan fingerprint density at radius 3 is 2.95 bits per heavy atom. The van der Waals surface area contributed by atoms with Gasteiger partial charge in [0.2, 0.25) is 5.91 Å². The van der Waals surface area contributed by atoms with Gasteiger partial charge >= 0.3 is 5.97 Å². The first kappa shape index (κ1) is 14.2. The van der Waals surface area contributed by atoms with Crippen LogP contribution in [-0.4, -0.2) is 42.1 Å². The highest BCUT2D eigenvalue weighted by Crippen LogP contribution is 2.25. The molecule has 1 atom stereocenters. The summed E-state index contributed by atoms with van der Waals surface area (Å²) in [6.07, 6.45) is 2.50. The lowest BCUT2D eigenvalue weighted by Gasteiger charge is -2.33. The van der Waals surface area contributed by atoms with Crippen molar-refractivity contribution < 1.29 is 19.1 Å². The smallest absolute Gasteiger partial charge is 0.339 e. The minimum atomic E-state index is -1.23. The standard InChI is InChI=1S/C13H16FN3O3/c1-15-12(18)8-3-2-4-17(7-8)11-10(13(19)20)5-9(14)6-16-11/h5-6,8H,2-4,7H2,1H3,(H,15,18)(H,19,20). The number of carboxylic acid groups (broad SMARTS) is 1. The Kier molecular flexibility index (Phi) is 4.16. The van der Waals surface area contributed by atoms with Crippen molar-refractivity contribution in [3.8, 4) is 0 Å². The number of carboxylic acids is 1. The fourth-order valence-corrected chi connectivity index (χ4v) is 2.43. The zero-order valence-electron chi connectivity index (χ0n) is 11.1. The molecule has 0 bridgehead atoms. The molecule has 20 heavy (non-hydrogen) atoms. The topological polar surface area (TPSA) is 82.5 Å². The number of hydrogen-bond donors (Lipinski definition) is 2. The van der Waals surface area contributed by atoms with Gasteiger partial charge in [0.25, 0.3) is 0 Å². The second-order valence-electron chi connectivity index (χ2n) is 4.73. The normalized spacial score (nSPS) is 18.7. The van der Waals surface area contributed by atoms with E-state index in [2.05, 4.69) is 10.3 Å². The molecular formula is C13H16FN3O3. The second-order valence-corrected chi connectivity index (χ2v) is 4.73. The minimum absolute atomic E-state index is 0.0753. The van der Waals surface area contributed by atoms with Crippen LogP contribution in [0.2, 0.25) is 0 Å². The van der Waals surface area contributed by atoms with Crippen molar-refractivity contribution in [3.63, 3.8) is 0 Å². The first-order valence-electron chi connectivity index (χ1n) is 6.38. The Hall–Kier alpha value is -2.18. The molecule has 108 valence electrons. The maximum atomic E-state index is 13.1. The molecule has 1 aliphatic heterocycles. The van der Waals surface area contributed by atoms with Crippen LogP contribution >= 0.6 is 0 Å². The monoisotopic (exact) mass is 281 g/mol. The number of anilines is 1. The molecule has 1 saturated heterocycles. The van der Waals surface area contributed by atoms with E-state index in [-0.39, 0.29) is 23.2 Å². The molecular weight excluding hydrogens is 265 g/mol. The van der Waals surface area contributed by atoms with Gasteiger partial charge in [0, 0.05) is 20.1 Å². The molecule has 0 radical (unpaired) electrons. The van der Waals surface area contributed by atoms with E-state index >= 15 is 0 Å². The largest absolute Gasteiger partial charge is 0.478 e. The number of halogens is 1. The summed E-state index contributed by atoms with van der Waals surface area (Å²) in [5.74, 6) is -1.98. The Morgan fingerprint density at radius 1 is 1.55 bits per heavy atom. The predicted octanol–water partition coefficient (Wildman–Crippen LogP) is 0.881. The first-order valence-corrected chi connectivity index (χ1v) is 6.38. The van der Waals surface area contributed by atoms with Gasteiger partial charge in [-0.3, -0.25) is 4.79 Å². The lowest BCUT2D eigenvalue weighted by atomic mass is 9.97. The van der Waals surface area contributed by atoms with Gasteiger partial charge in [-0.2, -0.15) is 0 Å². The van der Waals surface area contributed by atoms with E-state index in [1.807, 2.05) is 0 Å². The number of aromatic carboxylic acids is 1. The lowest BCUT2D eigenvalue weighted by molar-refractivity contribution is -0.124. The molecule has 2 N–H and O–H groups in total. The Labute approximate surface area is 115 Å². The molecule has 1 fully saturated rings. The summed E-state index contributed by atoms with van der Waals surface area (Å²) >= 11 is 0. The number of piperidine rings is 1. The second kappa shape index (κ2) is 5.85. The number of rotatable bonds is 3. The number of amides is 1. The maximum Gasteiger partial charge on any atom is 0.339 e. The number of aromatic nitrogens is 1. The number of hydrogen-bond acceptors (Lipinski definition) is 4. The predicted molar refractivity (Wildman–Crippen MR) is 70.2 cm³/mol. The molecule has 0 aromatic carbocycles. The summed E-state index contributed by atoms with van der Waals surface area (Å²) < 4.78 is 13.1. The van der Waals surface area contributed by atoms with Crippen molar-refractivity contribution in [2.24, 2.45) is 5.92 Å². The van der Waals surface area contributed by atoms with Gasteiger partial charge in [-0.05, 0) is 18.9 Å². The van der Waals surface area contributed by atoms with Crippen LogP contribution in [0, 0.1) is 11.7 Å². The molecule has 0 aliphatic carbocycles. The molecule has 7 heteroatoms. The highest BCUT2D eigenvalue weighted by molar-refractivity contribution is 5.93. The SMILES string of the molecule is CNC(=O)C1CCCN(c2ncc(F)cc2C(=O)O)C1. The minimum Gasteiger partial charge on any atom is -0.478 e. The summed E-state index contributed by atoms with van der Waals surface area (Å²) in [5, 5.41) is 11.7. The van der Waals surface area contributed by atoms with Crippen LogP contribution in [0.15, 0.2) is 12.3 Å². The Balaban J connectivity index is 2.27. The summed E-state index contributed by atoms with van der Waals surface area (Å²) in [6.45, 7) is 0.991. The fourth-order valence-electron chi connectivity index (χ4n) is 2.43. The van der Waals surface area contributed by atoms with Crippen LogP contribution in [0.1, 0.15) is 23.2 Å². The number of nitrogens with zero attached hydrogens (tertiary/aromatic N) is 2. The van der Waals surface area contributed by atoms with Crippen LogP contribution in [-0.2, 0) is 4.79 Å². The van der Waals surface area contributed by atoms with Gasteiger partial charge in [-0.1, -0.05) is 0 Å². The van der Waals surface area contributed by atoms with E-state index in [4.69, 9.17) is 5.11 Å². The van der Waals surface area contributed by atoms with E-state index < -0.39 is 11.8 Å². The molecule has 0 spiro atoms. The van der Waals surface area contributed by atoms with Crippen molar-refractivity contribution in [1.82, 2.24) is 10.3 Å². The maximum absolute atomic E-state index is 13.1. The Bertz CT molecular complexity index is 536. The molecule has 1 aromatic rings. The summed E-state index contributed by atoms with van der Waals surface area (Å²) in [6, 6.07) is 0.953. The zero-order valence-corrected chi connectivity index (χ0v) is 11.1. The lowest BCUT2D eigenvalue weighted by Crippen LogP contribution is -2.43. The van der Waals surface area contributed by atoms with E-state index in [9.17, 15) is 14.0 Å². The molecule has 1 aliphatic rings. The van der Waals surface area contributed by atoms with Gasteiger partial charge in [-0.25, -0.2) is 14.2 Å². The van der Waals surface area contributed by atoms with Gasteiger partial charge in [-0.15, -0.1) is 0 Å². The summed E-state index contributed by atoms with van der Waals surface area (Å²) in [5.41, 5.74) is -0.178. The van der Waals surface area contributed by atoms with Gasteiger partial charge in [0.15, 0.2) is 0 Å². The molecule has 2 heterocycles. The third kappa shape index (κ3) is 2.87. The molecule has 0 saturated carbocycles. The first-order chi connectivity index (χ1) is 9.52. The van der Waals surface area contributed by atoms with Crippen molar-refractivity contribution in [3.05, 3.63) is 23.6 Å². The average molecular weight is 281 g/mol. The van der Waals surface area contributed by atoms with Crippen molar-refractivity contribution in [2.75, 3.05) is 25.0 Å². The van der Waals surface area contributed by atoms with Gasteiger partial charge < -0.3 is 15.3 Å². The van der Waals surface area contributed by atoms with Crippen molar-refractivity contribution >= 4 is 17.7 Å². The van der Waals surface area contributed by atoms with Gasteiger partial charge in [0.05, 0.1) is 12.1 Å². The third-order valence-corrected chi connectivity index (χ3v) is 3.40. The number of nitrogens with one attached hydrogen (secondary N) is 1. The van der Waals surface area contributed by atoms with E-state index in [1.54, 1.807) is 11.9 Å². The molecule has 1 unspecified atom stereocenters. The van der Waals surface area contributed by atoms with Crippen LogP contribution in [0.5, 0.6) is 0 Å². The van der Waals surface area contributed by atoms with Crippen LogP contribution in [0.25, 0.3) is 0 Å². The van der Waals surface area contributed by atoms with E-state index in [1.165, 1.54) is 0 Å². The van der Waals surface area contributed by atoms with Crippen molar-refractivity contribution in [2.45, 2.75) is 12.8 Å². The highest BCUT2D eigenvalue weighted by atomic mass is 19.1. The van der Waals surface area contributed by atoms with Gasteiger partial charge in [0.1, 0.15) is 17.2 Å². The molecule has 6 nitrogen and oxygen atoms in total. The average Bonchev–Trinajstić information content (AvgIpc) is 2.46. The van der Waals surface area contributed by atoms with Crippen molar-refractivity contribution in [1.29, 1.82) is 0 Å². The number of pyridine rings is 1. The van der Waals surface area contributed by atoms with Crippen LogP contribution in [0.3, 0.4) is 0 Å². The summed E-state index contributed by atoms with van der Waals surface area (Å²) in [4.78, 5) is 28.5. The number of carbonyl (C=O) groups excluding carboxylic acids is 1. The van der Waals surface area contributed by atoms with E-state index in [0.717, 1.165) is 25.1 Å². The third-order valence-electron chi connectivity index (χ3n) is 3.40. The Morgan fingerprint density at radius 2 is 2.30 bits per heavy atom. The molecule has 1 aromatic heterocycles. The molecule has 2 rings (SSSR count). The fraction of sp³-hybridized carbons (Fsp3) is 0.462. The number of carbonyl (C=O) groups is 2. The van der Waals surface area contributed by atoms with E-state index in [0.29, 0.717) is 13.1 Å². The van der Waals surface area contributed by atoms with Crippen LogP contribution in [0.4, 0.5) is 10.2 Å². The molecule has 1 amide bonds. The quantitative estimate of drug-likeness (QED) is 0.859. The van der Waals surface area contributed by atoms with Crippen LogP contribution < -0.4 is 10.2 Å². The summed E-state index contributed by atoms with van der Waals surface area (Å²) in [7, 11) is 1.57. The zero-order chi connectivity index (χ0) is 14.7.